The van der Waals surface area contributed by atoms with Crippen molar-refractivity contribution in [3.05, 3.63) is 22.7 Å². The summed E-state index contributed by atoms with van der Waals surface area (Å²) >= 11 is 3.25. The Hall–Kier alpha value is -2.49. The third-order valence-electron chi connectivity index (χ3n) is 3.83. The smallest absolute Gasteiger partial charge is 0.278 e. The van der Waals surface area contributed by atoms with E-state index in [2.05, 4.69) is 60.4 Å². The number of rotatable bonds is 6. The second kappa shape index (κ2) is 7.18. The third kappa shape index (κ3) is 3.63. The van der Waals surface area contributed by atoms with Gasteiger partial charge >= 0.3 is 0 Å². The molecule has 3 rings (SSSR count). The summed E-state index contributed by atoms with van der Waals surface area (Å²) in [5, 5.41) is 14.3. The predicted octanol–water partition coefficient (Wildman–Crippen LogP) is 2.58. The van der Waals surface area contributed by atoms with Gasteiger partial charge in [-0.15, -0.1) is 0 Å². The number of carbonyl (C=O) groups excluding carboxylic acids is 1. The Bertz CT molecular complexity index is 902. The monoisotopic (exact) mass is 406 g/mol. The Morgan fingerprint density at radius 3 is 2.96 bits per heavy atom. The molecule has 0 radical (unpaired) electrons. The fraction of sp³-hybridized carbons (Fsp3) is 0.400. The first-order valence-electron chi connectivity index (χ1n) is 7.98. The molecule has 3 heterocycles. The average molecular weight is 407 g/mol. The number of aromatic nitrogens is 6. The molecule has 25 heavy (non-hydrogen) atoms. The number of hydrogen-bond donors (Lipinski definition) is 3. The fourth-order valence-corrected chi connectivity index (χ4v) is 3.04. The Morgan fingerprint density at radius 2 is 2.28 bits per heavy atom. The van der Waals surface area contributed by atoms with Gasteiger partial charge in [0.2, 0.25) is 0 Å². The molecule has 0 aliphatic rings. The molecule has 0 fully saturated rings. The second-order valence-electron chi connectivity index (χ2n) is 5.94. The summed E-state index contributed by atoms with van der Waals surface area (Å²) in [6.45, 7) is 4.93. The summed E-state index contributed by atoms with van der Waals surface area (Å²) in [6, 6.07) is 1.65. The van der Waals surface area contributed by atoms with Crippen LogP contribution in [-0.4, -0.2) is 35.9 Å². The Kier molecular flexibility index (Phi) is 4.98. The highest BCUT2D eigenvalue weighted by Crippen LogP contribution is 2.23. The van der Waals surface area contributed by atoms with Crippen LogP contribution in [0.2, 0.25) is 0 Å². The minimum Gasteiger partial charge on any atom is -0.383 e. The predicted molar refractivity (Wildman–Crippen MR) is 98.0 cm³/mol. The van der Waals surface area contributed by atoms with Crippen molar-refractivity contribution in [1.82, 2.24) is 29.9 Å². The topological polar surface area (TPSA) is 127 Å². The SMILES string of the molecule is CCCC(C)Cn1nc(C(=O)Nc2cc(Br)[nH]n2)c2c(N)ncnc21. The number of anilines is 2. The van der Waals surface area contributed by atoms with Crippen molar-refractivity contribution in [3.63, 3.8) is 0 Å². The lowest BCUT2D eigenvalue weighted by atomic mass is 10.1. The van der Waals surface area contributed by atoms with Crippen LogP contribution in [0.25, 0.3) is 11.0 Å². The van der Waals surface area contributed by atoms with Crippen LogP contribution in [0.1, 0.15) is 37.2 Å². The highest BCUT2D eigenvalue weighted by atomic mass is 79.9. The van der Waals surface area contributed by atoms with Crippen LogP contribution in [0.15, 0.2) is 17.0 Å². The highest BCUT2D eigenvalue weighted by molar-refractivity contribution is 9.10. The summed E-state index contributed by atoms with van der Waals surface area (Å²) in [5.74, 6) is 0.608. The molecule has 3 aromatic heterocycles. The van der Waals surface area contributed by atoms with Gasteiger partial charge in [-0.05, 0) is 28.3 Å². The van der Waals surface area contributed by atoms with Crippen molar-refractivity contribution >= 4 is 44.5 Å². The van der Waals surface area contributed by atoms with Crippen LogP contribution in [0, 0.1) is 5.92 Å². The summed E-state index contributed by atoms with van der Waals surface area (Å²) in [4.78, 5) is 20.9. The molecule has 132 valence electrons. The number of carbonyl (C=O) groups is 1. The van der Waals surface area contributed by atoms with E-state index in [1.54, 1.807) is 10.7 Å². The normalized spacial score (nSPS) is 12.4. The maximum Gasteiger partial charge on any atom is 0.278 e. The molecule has 4 N–H and O–H groups in total. The van der Waals surface area contributed by atoms with Crippen molar-refractivity contribution < 1.29 is 4.79 Å². The molecule has 0 aromatic carbocycles. The first-order valence-corrected chi connectivity index (χ1v) is 8.78. The van der Waals surface area contributed by atoms with Crippen LogP contribution in [0.3, 0.4) is 0 Å². The van der Waals surface area contributed by atoms with E-state index >= 15 is 0 Å². The number of nitrogen functional groups attached to an aromatic ring is 1. The first kappa shape index (κ1) is 17.3. The Balaban J connectivity index is 1.98. The standard InChI is InChI=1S/C15H19BrN8O/c1-3-4-8(2)6-24-14-11(13(17)18-7-19-14)12(23-24)15(25)20-10-5-9(16)21-22-10/h5,7-8H,3-4,6H2,1-2H3,(H2,17,18,19)(H2,20,21,22,25). The molecule has 1 atom stereocenters. The molecule has 0 bridgehead atoms. The molecule has 0 spiro atoms. The Labute approximate surface area is 152 Å². The molecule has 0 saturated heterocycles. The van der Waals surface area contributed by atoms with E-state index in [0.717, 1.165) is 12.8 Å². The molecule has 9 nitrogen and oxygen atoms in total. The van der Waals surface area contributed by atoms with Gasteiger partial charge in [-0.3, -0.25) is 9.89 Å². The van der Waals surface area contributed by atoms with Crippen LogP contribution < -0.4 is 11.1 Å². The number of H-pyrrole nitrogens is 1. The number of halogens is 1. The van der Waals surface area contributed by atoms with Crippen LogP contribution in [0.5, 0.6) is 0 Å². The molecule has 1 amide bonds. The van der Waals surface area contributed by atoms with E-state index in [-0.39, 0.29) is 11.5 Å². The summed E-state index contributed by atoms with van der Waals surface area (Å²) < 4.78 is 2.39. The maximum absolute atomic E-state index is 12.6. The van der Waals surface area contributed by atoms with Gasteiger partial charge in [0.15, 0.2) is 17.2 Å². The van der Waals surface area contributed by atoms with Gasteiger partial charge in [0.25, 0.3) is 5.91 Å². The number of nitrogens with two attached hydrogens (primary N) is 1. The van der Waals surface area contributed by atoms with Crippen molar-refractivity contribution in [2.75, 3.05) is 11.1 Å². The fourth-order valence-electron chi connectivity index (χ4n) is 2.73. The number of nitrogens with zero attached hydrogens (tertiary/aromatic N) is 5. The van der Waals surface area contributed by atoms with E-state index in [9.17, 15) is 4.79 Å². The zero-order valence-corrected chi connectivity index (χ0v) is 15.5. The van der Waals surface area contributed by atoms with E-state index in [0.29, 0.717) is 33.9 Å². The lowest BCUT2D eigenvalue weighted by Crippen LogP contribution is -2.15. The number of nitrogens with one attached hydrogen (secondary N) is 2. The van der Waals surface area contributed by atoms with Crippen molar-refractivity contribution in [2.45, 2.75) is 33.2 Å². The van der Waals surface area contributed by atoms with Crippen LogP contribution >= 0.6 is 15.9 Å². The molecule has 0 aliphatic heterocycles. The number of aromatic amines is 1. The van der Waals surface area contributed by atoms with E-state index in [4.69, 9.17) is 5.73 Å². The van der Waals surface area contributed by atoms with Crippen molar-refractivity contribution in [1.29, 1.82) is 0 Å². The molecular weight excluding hydrogens is 388 g/mol. The van der Waals surface area contributed by atoms with Gasteiger partial charge in [0.1, 0.15) is 16.7 Å². The van der Waals surface area contributed by atoms with E-state index < -0.39 is 5.91 Å². The van der Waals surface area contributed by atoms with E-state index in [1.165, 1.54) is 6.33 Å². The lowest BCUT2D eigenvalue weighted by molar-refractivity contribution is 0.102. The quantitative estimate of drug-likeness (QED) is 0.576. The van der Waals surface area contributed by atoms with E-state index in [1.807, 2.05) is 0 Å². The van der Waals surface area contributed by atoms with Gasteiger partial charge in [-0.25, -0.2) is 14.6 Å². The molecule has 3 aromatic rings. The third-order valence-corrected chi connectivity index (χ3v) is 4.23. The van der Waals surface area contributed by atoms with Crippen molar-refractivity contribution in [3.8, 4) is 0 Å². The number of fused-ring (bicyclic) bond motifs is 1. The highest BCUT2D eigenvalue weighted by Gasteiger charge is 2.22. The maximum atomic E-state index is 12.6. The van der Waals surface area contributed by atoms with Crippen molar-refractivity contribution in [2.24, 2.45) is 5.92 Å². The van der Waals surface area contributed by atoms with Crippen LogP contribution in [0.4, 0.5) is 11.6 Å². The molecule has 0 aliphatic carbocycles. The minimum absolute atomic E-state index is 0.191. The summed E-state index contributed by atoms with van der Waals surface area (Å²) in [5.41, 5.74) is 6.73. The lowest BCUT2D eigenvalue weighted by Gasteiger charge is -2.10. The zero-order chi connectivity index (χ0) is 18.0. The molecule has 1 unspecified atom stereocenters. The van der Waals surface area contributed by atoms with Gasteiger partial charge in [-0.2, -0.15) is 10.2 Å². The Morgan fingerprint density at radius 1 is 1.48 bits per heavy atom. The van der Waals surface area contributed by atoms with Gasteiger partial charge in [0.05, 0.1) is 5.39 Å². The molecule has 10 heteroatoms. The number of hydrogen-bond acceptors (Lipinski definition) is 6. The second-order valence-corrected chi connectivity index (χ2v) is 6.79. The van der Waals surface area contributed by atoms with Gasteiger partial charge in [0, 0.05) is 12.6 Å². The first-order chi connectivity index (χ1) is 12.0. The average Bonchev–Trinajstić information content (AvgIpc) is 3.13. The minimum atomic E-state index is -0.410. The van der Waals surface area contributed by atoms with Crippen LogP contribution in [-0.2, 0) is 6.54 Å². The summed E-state index contributed by atoms with van der Waals surface area (Å²) in [6.07, 6.45) is 3.52. The van der Waals surface area contributed by atoms with Gasteiger partial charge in [-0.1, -0.05) is 20.3 Å². The number of amides is 1. The molecule has 0 saturated carbocycles. The largest absolute Gasteiger partial charge is 0.383 e. The zero-order valence-electron chi connectivity index (χ0n) is 14.0. The molecular formula is C15H19BrN8O. The summed E-state index contributed by atoms with van der Waals surface area (Å²) in [7, 11) is 0. The van der Waals surface area contributed by atoms with Gasteiger partial charge < -0.3 is 11.1 Å².